The van der Waals surface area contributed by atoms with Gasteiger partial charge in [-0.2, -0.15) is 0 Å². The zero-order chi connectivity index (χ0) is 30.6. The number of benzene rings is 8. The molecule has 0 amide bonds. The van der Waals surface area contributed by atoms with Crippen molar-refractivity contribution in [2.75, 3.05) is 0 Å². The minimum absolute atomic E-state index is 0.678. The standard InChI is InChI=1S/C44H25N3/c1-3-15-29-26(10-1)12-5-21-35(29)43-40-30-16-4-2-11-27(30)24-25-36(40)45-44(46-43)47-37-22-8-19-33-31-17-6-13-28-14-7-18-32(39(28)31)34-20-9-23-38(47)42(34)41(33)37/h1-25H. The van der Waals surface area contributed by atoms with Crippen LogP contribution in [0.4, 0.5) is 0 Å². The molecule has 0 aliphatic heterocycles. The van der Waals surface area contributed by atoms with Gasteiger partial charge in [-0.15, -0.1) is 0 Å². The van der Waals surface area contributed by atoms with Crippen LogP contribution in [-0.2, 0) is 0 Å². The monoisotopic (exact) mass is 595 g/mol. The zero-order valence-electron chi connectivity index (χ0n) is 25.3. The molecule has 216 valence electrons. The van der Waals surface area contributed by atoms with Gasteiger partial charge in [-0.25, -0.2) is 9.97 Å². The van der Waals surface area contributed by atoms with Crippen LogP contribution in [0.25, 0.3) is 104 Å². The summed E-state index contributed by atoms with van der Waals surface area (Å²) in [5.41, 5.74) is 10.2. The molecule has 0 saturated carbocycles. The molecule has 0 radical (unpaired) electrons. The molecule has 47 heavy (non-hydrogen) atoms. The van der Waals surface area contributed by atoms with E-state index < -0.39 is 0 Å². The molecule has 0 spiro atoms. The van der Waals surface area contributed by atoms with Crippen LogP contribution >= 0.6 is 0 Å². The van der Waals surface area contributed by atoms with E-state index in [1.54, 1.807) is 0 Å². The van der Waals surface area contributed by atoms with E-state index in [1.807, 2.05) is 0 Å². The van der Waals surface area contributed by atoms with Gasteiger partial charge in [-0.05, 0) is 72.8 Å². The van der Waals surface area contributed by atoms with Crippen LogP contribution in [0.1, 0.15) is 0 Å². The smallest absolute Gasteiger partial charge is 0.235 e. The summed E-state index contributed by atoms with van der Waals surface area (Å²) in [6.07, 6.45) is 0. The summed E-state index contributed by atoms with van der Waals surface area (Å²) in [5, 5.41) is 10.9. The Morgan fingerprint density at radius 1 is 0.340 bits per heavy atom. The predicted molar refractivity (Wildman–Crippen MR) is 196 cm³/mol. The maximum absolute atomic E-state index is 5.55. The number of hydrogen-bond acceptors (Lipinski definition) is 2. The average Bonchev–Trinajstić information content (AvgIpc) is 3.42. The van der Waals surface area contributed by atoms with Crippen LogP contribution in [0.2, 0.25) is 0 Å². The van der Waals surface area contributed by atoms with Crippen molar-refractivity contribution in [2.45, 2.75) is 0 Å². The summed E-state index contributed by atoms with van der Waals surface area (Å²) in [5.74, 6) is 0.678. The van der Waals surface area contributed by atoms with E-state index in [4.69, 9.17) is 9.97 Å². The number of fused-ring (bicyclic) bond motifs is 6. The normalized spacial score (nSPS) is 12.3. The van der Waals surface area contributed by atoms with E-state index in [1.165, 1.54) is 60.0 Å². The number of rotatable bonds is 2. The van der Waals surface area contributed by atoms with Gasteiger partial charge in [0.05, 0.1) is 22.2 Å². The van der Waals surface area contributed by atoms with E-state index in [9.17, 15) is 0 Å². The Morgan fingerprint density at radius 2 is 0.851 bits per heavy atom. The van der Waals surface area contributed by atoms with Gasteiger partial charge in [0, 0.05) is 21.7 Å². The lowest BCUT2D eigenvalue weighted by Gasteiger charge is -2.15. The first-order valence-electron chi connectivity index (χ1n) is 16.1. The molecule has 3 nitrogen and oxygen atoms in total. The molecule has 11 rings (SSSR count). The van der Waals surface area contributed by atoms with E-state index in [-0.39, 0.29) is 0 Å². The highest BCUT2D eigenvalue weighted by molar-refractivity contribution is 6.27. The third-order valence-electron chi connectivity index (χ3n) is 10.1. The highest BCUT2D eigenvalue weighted by atomic mass is 15.2. The summed E-state index contributed by atoms with van der Waals surface area (Å²) < 4.78 is 2.29. The van der Waals surface area contributed by atoms with Crippen molar-refractivity contribution in [3.8, 4) is 39.5 Å². The minimum atomic E-state index is 0.678. The summed E-state index contributed by atoms with van der Waals surface area (Å²) in [7, 11) is 0. The lowest BCUT2D eigenvalue weighted by molar-refractivity contribution is 1.01. The van der Waals surface area contributed by atoms with Crippen LogP contribution < -0.4 is 0 Å². The van der Waals surface area contributed by atoms with Crippen molar-refractivity contribution in [3.05, 3.63) is 152 Å². The third kappa shape index (κ3) is 3.30. The van der Waals surface area contributed by atoms with Crippen molar-refractivity contribution >= 4 is 65.0 Å². The van der Waals surface area contributed by atoms with Crippen LogP contribution in [0.3, 0.4) is 0 Å². The van der Waals surface area contributed by atoms with Gasteiger partial charge in [0.1, 0.15) is 0 Å². The van der Waals surface area contributed by atoms with Crippen LogP contribution in [0, 0.1) is 0 Å². The van der Waals surface area contributed by atoms with Crippen molar-refractivity contribution < 1.29 is 0 Å². The second kappa shape index (κ2) is 9.12. The van der Waals surface area contributed by atoms with Gasteiger partial charge in [-0.1, -0.05) is 133 Å². The van der Waals surface area contributed by atoms with Gasteiger partial charge in [0.15, 0.2) is 0 Å². The molecule has 1 aliphatic rings. The molecule has 0 N–H and O–H groups in total. The lowest BCUT2D eigenvalue weighted by atomic mass is 9.93. The number of hydrogen-bond donors (Lipinski definition) is 0. The summed E-state index contributed by atoms with van der Waals surface area (Å²) in [6, 6.07) is 54.7. The van der Waals surface area contributed by atoms with E-state index in [0.717, 1.165) is 38.6 Å². The molecule has 0 bridgehead atoms. The minimum Gasteiger partial charge on any atom is -0.278 e. The number of aromatic nitrogens is 3. The quantitative estimate of drug-likeness (QED) is 0.186. The fourth-order valence-corrected chi connectivity index (χ4v) is 8.18. The second-order valence-electron chi connectivity index (χ2n) is 12.5. The SMILES string of the molecule is c1ccc2c(-c3nc(-n4c5cccc6c5c5c(cccc54)-c4cccc5cccc-6c45)nc4ccc5ccccc5c34)cccc2c1. The van der Waals surface area contributed by atoms with Gasteiger partial charge in [0.25, 0.3) is 0 Å². The molecule has 10 aromatic rings. The Kier molecular flexibility index (Phi) is 4.84. The Balaban J connectivity index is 1.32. The van der Waals surface area contributed by atoms with E-state index in [0.29, 0.717) is 5.95 Å². The first-order valence-corrected chi connectivity index (χ1v) is 16.1. The molecule has 0 unspecified atom stereocenters. The van der Waals surface area contributed by atoms with Crippen LogP contribution in [-0.4, -0.2) is 14.5 Å². The zero-order valence-corrected chi connectivity index (χ0v) is 25.3. The number of nitrogens with zero attached hydrogens (tertiary/aromatic N) is 3. The first kappa shape index (κ1) is 24.9. The molecular weight excluding hydrogens is 571 g/mol. The molecule has 0 atom stereocenters. The fourth-order valence-electron chi connectivity index (χ4n) is 8.18. The lowest BCUT2D eigenvalue weighted by Crippen LogP contribution is -2.04. The first-order chi connectivity index (χ1) is 23.3. The largest absolute Gasteiger partial charge is 0.278 e. The third-order valence-corrected chi connectivity index (χ3v) is 10.1. The molecule has 3 heteroatoms. The highest BCUT2D eigenvalue weighted by Gasteiger charge is 2.26. The molecular formula is C44H25N3. The van der Waals surface area contributed by atoms with Gasteiger partial charge in [-0.3, -0.25) is 4.57 Å². The Bertz CT molecular complexity index is 2870. The molecule has 1 aliphatic carbocycles. The molecule has 2 aromatic heterocycles. The van der Waals surface area contributed by atoms with Crippen LogP contribution in [0.15, 0.2) is 152 Å². The van der Waals surface area contributed by atoms with Gasteiger partial charge in [0.2, 0.25) is 5.95 Å². The summed E-state index contributed by atoms with van der Waals surface area (Å²) in [4.78, 5) is 10.9. The second-order valence-corrected chi connectivity index (χ2v) is 12.5. The van der Waals surface area contributed by atoms with Crippen molar-refractivity contribution in [2.24, 2.45) is 0 Å². The predicted octanol–water partition coefficient (Wildman–Crippen LogP) is 11.5. The molecule has 0 fully saturated rings. The fraction of sp³-hybridized carbons (Fsp3) is 0. The summed E-state index contributed by atoms with van der Waals surface area (Å²) >= 11 is 0. The Morgan fingerprint density at radius 3 is 1.53 bits per heavy atom. The van der Waals surface area contributed by atoms with Gasteiger partial charge >= 0.3 is 0 Å². The van der Waals surface area contributed by atoms with Crippen molar-refractivity contribution in [1.82, 2.24) is 14.5 Å². The highest BCUT2D eigenvalue weighted by Crippen LogP contribution is 2.49. The maximum atomic E-state index is 5.55. The summed E-state index contributed by atoms with van der Waals surface area (Å²) in [6.45, 7) is 0. The maximum Gasteiger partial charge on any atom is 0.235 e. The Labute approximate surface area is 270 Å². The molecule has 2 heterocycles. The topological polar surface area (TPSA) is 30.7 Å². The molecule has 0 saturated heterocycles. The molecule has 8 aromatic carbocycles. The van der Waals surface area contributed by atoms with Crippen molar-refractivity contribution in [3.63, 3.8) is 0 Å². The van der Waals surface area contributed by atoms with Crippen LogP contribution in [0.5, 0.6) is 0 Å². The van der Waals surface area contributed by atoms with Gasteiger partial charge < -0.3 is 0 Å². The van der Waals surface area contributed by atoms with E-state index >= 15 is 0 Å². The average molecular weight is 596 g/mol. The van der Waals surface area contributed by atoms with Crippen molar-refractivity contribution in [1.29, 1.82) is 0 Å². The van der Waals surface area contributed by atoms with E-state index in [2.05, 4.69) is 156 Å². The Hall–Kier alpha value is -6.32.